The molecule has 0 fully saturated rings. The molecule has 0 amide bonds. The summed E-state index contributed by atoms with van der Waals surface area (Å²) in [5.41, 5.74) is 7.71. The van der Waals surface area contributed by atoms with E-state index in [1.54, 1.807) is 0 Å². The fourth-order valence-electron chi connectivity index (χ4n) is 3.02. The molecular formula is C20H28Si3. The topological polar surface area (TPSA) is 0 Å². The normalized spacial score (nSPS) is 12.4. The number of hydrogen-bond acceptors (Lipinski definition) is 0. The minimum absolute atomic E-state index is 1.42. The SMILES string of the molecule is C[Si](C)(C)C#C[Si](c1ccccc1)(c1ccccc1)[Si](C)(C)C. The highest BCUT2D eigenvalue weighted by molar-refractivity contribution is 7.54. The van der Waals surface area contributed by atoms with Crippen LogP contribution in [0.4, 0.5) is 0 Å². The van der Waals surface area contributed by atoms with E-state index in [0.717, 1.165) is 0 Å². The Morgan fingerprint density at radius 2 is 0.957 bits per heavy atom. The third-order valence-electron chi connectivity index (χ3n) is 4.16. The molecule has 2 aromatic carbocycles. The number of rotatable bonds is 3. The average molecular weight is 353 g/mol. The molecule has 0 N–H and O–H groups in total. The van der Waals surface area contributed by atoms with E-state index in [1.807, 2.05) is 0 Å². The Hall–Kier alpha value is -1.35. The van der Waals surface area contributed by atoms with Gasteiger partial charge in [0, 0.05) is 0 Å². The predicted octanol–water partition coefficient (Wildman–Crippen LogP) is 4.09. The van der Waals surface area contributed by atoms with Gasteiger partial charge >= 0.3 is 0 Å². The third kappa shape index (κ3) is 3.95. The van der Waals surface area contributed by atoms with E-state index in [4.69, 9.17) is 0 Å². The van der Waals surface area contributed by atoms with E-state index < -0.39 is 23.3 Å². The molecule has 0 bridgehead atoms. The van der Waals surface area contributed by atoms with Crippen LogP contribution in [0.15, 0.2) is 60.7 Å². The van der Waals surface area contributed by atoms with E-state index in [1.165, 1.54) is 10.4 Å². The van der Waals surface area contributed by atoms with Gasteiger partial charge in [-0.05, 0) is 10.4 Å². The van der Waals surface area contributed by atoms with Crippen molar-refractivity contribution in [3.63, 3.8) is 0 Å². The summed E-state index contributed by atoms with van der Waals surface area (Å²) in [5.74, 6) is 0. The van der Waals surface area contributed by atoms with Gasteiger partial charge < -0.3 is 0 Å². The first-order chi connectivity index (χ1) is 10.7. The lowest BCUT2D eigenvalue weighted by Gasteiger charge is -2.38. The van der Waals surface area contributed by atoms with Crippen molar-refractivity contribution in [1.82, 2.24) is 0 Å². The lowest BCUT2D eigenvalue weighted by Crippen LogP contribution is -2.72. The van der Waals surface area contributed by atoms with Crippen LogP contribution in [0.1, 0.15) is 0 Å². The summed E-state index contributed by atoms with van der Waals surface area (Å²) in [4.78, 5) is 0. The highest BCUT2D eigenvalue weighted by Crippen LogP contribution is 2.19. The average Bonchev–Trinajstić information content (AvgIpc) is 2.47. The summed E-state index contributed by atoms with van der Waals surface area (Å²) in [6.07, 6.45) is 0. The van der Waals surface area contributed by atoms with Crippen molar-refractivity contribution in [2.75, 3.05) is 0 Å². The molecule has 0 saturated heterocycles. The summed E-state index contributed by atoms with van der Waals surface area (Å²) >= 11 is 0. The quantitative estimate of drug-likeness (QED) is 0.576. The molecule has 0 unspecified atom stereocenters. The zero-order valence-corrected chi connectivity index (χ0v) is 18.3. The standard InChI is InChI=1S/C20H28Si3/c1-21(2,3)17-18-23(22(4,5)6,19-13-9-7-10-14-19)20-15-11-8-12-16-20/h7-16H,1-6H3. The highest BCUT2D eigenvalue weighted by atomic mass is 29.3. The van der Waals surface area contributed by atoms with Crippen molar-refractivity contribution in [3.05, 3.63) is 60.7 Å². The second-order valence-electron chi connectivity index (χ2n) is 8.23. The molecule has 2 aromatic rings. The van der Waals surface area contributed by atoms with Gasteiger partial charge in [-0.3, -0.25) is 0 Å². The highest BCUT2D eigenvalue weighted by Gasteiger charge is 2.48. The molecule has 0 aliphatic heterocycles. The third-order valence-corrected chi connectivity index (χ3v) is 19.3. The van der Waals surface area contributed by atoms with Gasteiger partial charge in [-0.25, -0.2) is 0 Å². The van der Waals surface area contributed by atoms with E-state index in [9.17, 15) is 0 Å². The molecule has 2 rings (SSSR count). The lowest BCUT2D eigenvalue weighted by molar-refractivity contribution is 1.70. The summed E-state index contributed by atoms with van der Waals surface area (Å²) in [7, 11) is -4.99. The monoisotopic (exact) mass is 352 g/mol. The van der Waals surface area contributed by atoms with Gasteiger partial charge in [0.05, 0.1) is 7.59 Å². The minimum atomic E-state index is -2.05. The van der Waals surface area contributed by atoms with E-state index in [2.05, 4.69) is 111 Å². The maximum absolute atomic E-state index is 3.96. The summed E-state index contributed by atoms with van der Waals surface area (Å²) in [5, 5.41) is 2.97. The fraction of sp³-hybridized carbons (Fsp3) is 0.300. The Bertz CT molecular complexity index is 656. The molecular weight excluding hydrogens is 324 g/mol. The van der Waals surface area contributed by atoms with Crippen LogP contribution in [0.2, 0.25) is 39.3 Å². The fourth-order valence-corrected chi connectivity index (χ4v) is 17.3. The molecule has 0 aromatic heterocycles. The Kier molecular flexibility index (Phi) is 5.20. The molecule has 0 aliphatic carbocycles. The maximum Gasteiger partial charge on any atom is 0.186 e. The zero-order chi connectivity index (χ0) is 17.1. The molecule has 0 atom stereocenters. The molecule has 23 heavy (non-hydrogen) atoms. The first-order valence-electron chi connectivity index (χ1n) is 8.32. The molecule has 3 heteroatoms. The van der Waals surface area contributed by atoms with Crippen molar-refractivity contribution < 1.29 is 0 Å². The van der Waals surface area contributed by atoms with Gasteiger partial charge in [-0.2, -0.15) is 0 Å². The van der Waals surface area contributed by atoms with E-state index in [-0.39, 0.29) is 0 Å². The Labute approximate surface area is 144 Å². The molecule has 0 nitrogen and oxygen atoms in total. The predicted molar refractivity (Wildman–Crippen MR) is 112 cm³/mol. The molecule has 0 heterocycles. The van der Waals surface area contributed by atoms with Crippen LogP contribution in [0.3, 0.4) is 0 Å². The van der Waals surface area contributed by atoms with Crippen LogP contribution in [0.25, 0.3) is 0 Å². The van der Waals surface area contributed by atoms with Gasteiger partial charge in [0.25, 0.3) is 0 Å². The number of hydrogen-bond donors (Lipinski definition) is 0. The molecule has 120 valence electrons. The summed E-state index contributed by atoms with van der Waals surface area (Å²) < 4.78 is 0. The molecule has 0 radical (unpaired) electrons. The van der Waals surface area contributed by atoms with Crippen molar-refractivity contribution >= 4 is 33.6 Å². The Morgan fingerprint density at radius 3 is 1.26 bits per heavy atom. The van der Waals surface area contributed by atoms with Crippen molar-refractivity contribution in [3.8, 4) is 11.1 Å². The molecule has 0 saturated carbocycles. The van der Waals surface area contributed by atoms with E-state index in [0.29, 0.717) is 0 Å². The Balaban J connectivity index is 2.83. The minimum Gasteiger partial charge on any atom is -0.138 e. The smallest absolute Gasteiger partial charge is 0.138 e. The largest absolute Gasteiger partial charge is 0.186 e. The van der Waals surface area contributed by atoms with Gasteiger partial charge in [0.15, 0.2) is 7.59 Å². The van der Waals surface area contributed by atoms with Crippen LogP contribution in [0.5, 0.6) is 0 Å². The van der Waals surface area contributed by atoms with Crippen molar-refractivity contribution in [2.45, 2.75) is 39.3 Å². The van der Waals surface area contributed by atoms with Crippen LogP contribution in [0, 0.1) is 11.1 Å². The second-order valence-corrected chi connectivity index (χ2v) is 27.1. The maximum atomic E-state index is 3.96. The van der Waals surface area contributed by atoms with Gasteiger partial charge in [-0.1, -0.05) is 99.9 Å². The lowest BCUT2D eigenvalue weighted by atomic mass is 10.4. The summed E-state index contributed by atoms with van der Waals surface area (Å²) in [6, 6.07) is 22.2. The summed E-state index contributed by atoms with van der Waals surface area (Å²) in [6.45, 7) is 14.5. The van der Waals surface area contributed by atoms with Gasteiger partial charge in [-0.15, -0.1) is 11.1 Å². The second kappa shape index (κ2) is 6.64. The first kappa shape index (κ1) is 18.0. The van der Waals surface area contributed by atoms with Crippen LogP contribution >= 0.6 is 0 Å². The van der Waals surface area contributed by atoms with Crippen LogP contribution in [-0.4, -0.2) is 23.3 Å². The number of benzene rings is 2. The first-order valence-corrected chi connectivity index (χ1v) is 18.3. The van der Waals surface area contributed by atoms with Crippen LogP contribution < -0.4 is 10.4 Å². The van der Waals surface area contributed by atoms with Crippen molar-refractivity contribution in [2.24, 2.45) is 0 Å². The molecule has 0 spiro atoms. The van der Waals surface area contributed by atoms with Crippen LogP contribution in [-0.2, 0) is 0 Å². The van der Waals surface area contributed by atoms with E-state index >= 15 is 0 Å². The van der Waals surface area contributed by atoms with Crippen molar-refractivity contribution in [1.29, 1.82) is 0 Å². The van der Waals surface area contributed by atoms with Gasteiger partial charge in [0.1, 0.15) is 8.07 Å². The Morgan fingerprint density at radius 1 is 0.565 bits per heavy atom. The zero-order valence-electron chi connectivity index (χ0n) is 15.3. The molecule has 0 aliphatic rings. The van der Waals surface area contributed by atoms with Gasteiger partial charge in [0.2, 0.25) is 0 Å².